The molecule has 0 radical (unpaired) electrons. The van der Waals surface area contributed by atoms with Crippen LogP contribution in [0.15, 0.2) is 94.8 Å². The fourth-order valence-electron chi connectivity index (χ4n) is 3.10. The fraction of sp³-hybridized carbons (Fsp3) is 0.0800. The molecule has 0 saturated carbocycles. The largest absolute Gasteiger partial charge is 0.482 e. The van der Waals surface area contributed by atoms with Gasteiger partial charge in [0.15, 0.2) is 11.8 Å². The number of carbonyl (C=O) groups is 2. The molecule has 160 valence electrons. The quantitative estimate of drug-likeness (QED) is 0.522. The van der Waals surface area contributed by atoms with E-state index in [0.717, 1.165) is 16.8 Å². The van der Waals surface area contributed by atoms with E-state index in [4.69, 9.17) is 14.8 Å². The first-order chi connectivity index (χ1) is 15.6. The Kier molecular flexibility index (Phi) is 6.67. The lowest BCUT2D eigenvalue weighted by molar-refractivity contribution is -0.139. The van der Waals surface area contributed by atoms with Crippen molar-refractivity contribution in [2.45, 2.75) is 6.54 Å². The van der Waals surface area contributed by atoms with E-state index < -0.39 is 12.6 Å². The van der Waals surface area contributed by atoms with Gasteiger partial charge >= 0.3 is 5.97 Å². The van der Waals surface area contributed by atoms with Gasteiger partial charge in [-0.1, -0.05) is 60.7 Å². The highest BCUT2D eigenvalue weighted by Crippen LogP contribution is 2.35. The zero-order valence-corrected chi connectivity index (χ0v) is 17.9. The third-order valence-electron chi connectivity index (χ3n) is 4.57. The molecule has 1 fully saturated rings. The third-order valence-corrected chi connectivity index (χ3v) is 5.58. The van der Waals surface area contributed by atoms with Crippen molar-refractivity contribution in [3.05, 3.63) is 101 Å². The molecule has 4 rings (SSSR count). The van der Waals surface area contributed by atoms with Crippen LogP contribution < -0.4 is 4.74 Å². The maximum Gasteiger partial charge on any atom is 0.341 e. The normalized spacial score (nSPS) is 16.0. The highest BCUT2D eigenvalue weighted by Gasteiger charge is 2.33. The van der Waals surface area contributed by atoms with Crippen molar-refractivity contribution in [3.8, 4) is 5.75 Å². The standard InChI is InChI=1S/C25H20N2O4S/c28-23(29)17-31-21-13-7-10-19(14-21)15-22-24(30)27(16-18-8-3-1-4-9-18)25(32-22)26-20-11-5-2-6-12-20/h1-15H,16-17H2,(H,28,29)/b22-15+,26-25?. The molecule has 1 N–H and O–H groups in total. The first-order valence-corrected chi connectivity index (χ1v) is 10.7. The summed E-state index contributed by atoms with van der Waals surface area (Å²) in [6.45, 7) is -0.0100. The van der Waals surface area contributed by atoms with Crippen LogP contribution in [-0.2, 0) is 16.1 Å². The number of thioether (sulfide) groups is 1. The van der Waals surface area contributed by atoms with E-state index in [0.29, 0.717) is 22.4 Å². The third kappa shape index (κ3) is 5.44. The van der Waals surface area contributed by atoms with Gasteiger partial charge in [0, 0.05) is 0 Å². The minimum atomic E-state index is -1.05. The number of amidine groups is 1. The van der Waals surface area contributed by atoms with Crippen LogP contribution in [0, 0.1) is 0 Å². The summed E-state index contributed by atoms with van der Waals surface area (Å²) in [5.74, 6) is -0.754. The molecule has 1 heterocycles. The zero-order valence-electron chi connectivity index (χ0n) is 17.0. The molecule has 32 heavy (non-hydrogen) atoms. The molecule has 0 bridgehead atoms. The summed E-state index contributed by atoms with van der Waals surface area (Å²) in [4.78, 5) is 30.9. The van der Waals surface area contributed by atoms with E-state index in [1.807, 2.05) is 66.7 Å². The highest BCUT2D eigenvalue weighted by molar-refractivity contribution is 8.18. The maximum atomic E-state index is 13.3. The Hall–Kier alpha value is -3.84. The molecular weight excluding hydrogens is 424 g/mol. The van der Waals surface area contributed by atoms with Crippen LogP contribution in [0.1, 0.15) is 11.1 Å². The second-order valence-electron chi connectivity index (χ2n) is 6.97. The van der Waals surface area contributed by atoms with Crippen molar-refractivity contribution < 1.29 is 19.4 Å². The maximum absolute atomic E-state index is 13.3. The average Bonchev–Trinajstić information content (AvgIpc) is 3.08. The van der Waals surface area contributed by atoms with E-state index in [1.54, 1.807) is 29.2 Å². The number of amides is 1. The summed E-state index contributed by atoms with van der Waals surface area (Å²) < 4.78 is 5.24. The summed E-state index contributed by atoms with van der Waals surface area (Å²) >= 11 is 1.31. The van der Waals surface area contributed by atoms with Crippen LogP contribution in [0.4, 0.5) is 5.69 Å². The Morgan fingerprint density at radius 1 is 1.00 bits per heavy atom. The number of carboxylic acids is 1. The zero-order chi connectivity index (χ0) is 22.3. The SMILES string of the molecule is O=C(O)COc1cccc(/C=C2/SC(=Nc3ccccc3)N(Cc3ccccc3)C2=O)c1. The second-order valence-corrected chi connectivity index (χ2v) is 7.98. The van der Waals surface area contributed by atoms with Crippen molar-refractivity contribution in [1.29, 1.82) is 0 Å². The number of carbonyl (C=O) groups excluding carboxylic acids is 1. The number of hydrogen-bond donors (Lipinski definition) is 1. The Balaban J connectivity index is 1.63. The summed E-state index contributed by atoms with van der Waals surface area (Å²) in [6.07, 6.45) is 1.77. The van der Waals surface area contributed by atoms with Crippen molar-refractivity contribution in [3.63, 3.8) is 0 Å². The number of aliphatic carboxylic acids is 1. The van der Waals surface area contributed by atoms with Gasteiger partial charge in [0.25, 0.3) is 5.91 Å². The number of hydrogen-bond acceptors (Lipinski definition) is 5. The molecule has 1 saturated heterocycles. The van der Waals surface area contributed by atoms with Crippen LogP contribution in [-0.4, -0.2) is 33.7 Å². The summed E-state index contributed by atoms with van der Waals surface area (Å²) in [6, 6.07) is 26.3. The molecule has 1 amide bonds. The molecule has 1 aliphatic rings. The van der Waals surface area contributed by atoms with Crippen LogP contribution in [0.3, 0.4) is 0 Å². The lowest BCUT2D eigenvalue weighted by Gasteiger charge is -2.15. The number of rotatable bonds is 7. The van der Waals surface area contributed by atoms with Gasteiger partial charge in [0.1, 0.15) is 5.75 Å². The molecule has 3 aromatic rings. The predicted molar refractivity (Wildman–Crippen MR) is 126 cm³/mol. The van der Waals surface area contributed by atoms with E-state index in [-0.39, 0.29) is 5.91 Å². The number of para-hydroxylation sites is 1. The minimum absolute atomic E-state index is 0.134. The first kappa shape index (κ1) is 21.4. The van der Waals surface area contributed by atoms with Gasteiger partial charge < -0.3 is 9.84 Å². The van der Waals surface area contributed by atoms with Gasteiger partial charge in [0.05, 0.1) is 17.1 Å². The lowest BCUT2D eigenvalue weighted by Crippen LogP contribution is -2.28. The predicted octanol–water partition coefficient (Wildman–Crippen LogP) is 4.95. The summed E-state index contributed by atoms with van der Waals surface area (Å²) in [7, 11) is 0. The average molecular weight is 445 g/mol. The monoisotopic (exact) mass is 444 g/mol. The van der Waals surface area contributed by atoms with Gasteiger partial charge in [-0.15, -0.1) is 0 Å². The molecule has 0 aromatic heterocycles. The Morgan fingerprint density at radius 2 is 1.72 bits per heavy atom. The van der Waals surface area contributed by atoms with Crippen LogP contribution in [0.2, 0.25) is 0 Å². The van der Waals surface area contributed by atoms with Crippen molar-refractivity contribution >= 4 is 40.6 Å². The number of carboxylic acid groups (broad SMARTS) is 1. The van der Waals surface area contributed by atoms with E-state index >= 15 is 0 Å². The fourth-order valence-corrected chi connectivity index (χ4v) is 4.10. The first-order valence-electron chi connectivity index (χ1n) is 9.92. The van der Waals surface area contributed by atoms with Crippen molar-refractivity contribution in [2.75, 3.05) is 6.61 Å². The summed E-state index contributed by atoms with van der Waals surface area (Å²) in [5.41, 5.74) is 2.52. The Bertz CT molecular complexity index is 1180. The van der Waals surface area contributed by atoms with Crippen LogP contribution in [0.5, 0.6) is 5.75 Å². The minimum Gasteiger partial charge on any atom is -0.482 e. The molecule has 7 heteroatoms. The Labute approximate surface area is 189 Å². The van der Waals surface area contributed by atoms with Gasteiger partial charge in [-0.3, -0.25) is 9.69 Å². The molecule has 6 nitrogen and oxygen atoms in total. The highest BCUT2D eigenvalue weighted by atomic mass is 32.2. The molecule has 0 unspecified atom stereocenters. The molecule has 0 atom stereocenters. The number of ether oxygens (including phenoxy) is 1. The lowest BCUT2D eigenvalue weighted by atomic mass is 10.2. The Morgan fingerprint density at radius 3 is 2.44 bits per heavy atom. The van der Waals surface area contributed by atoms with Gasteiger partial charge in [0.2, 0.25) is 0 Å². The molecule has 0 spiro atoms. The van der Waals surface area contributed by atoms with Gasteiger partial charge in [-0.25, -0.2) is 9.79 Å². The summed E-state index contributed by atoms with van der Waals surface area (Å²) in [5, 5.41) is 9.41. The number of nitrogens with zero attached hydrogens (tertiary/aromatic N) is 2. The van der Waals surface area contributed by atoms with Crippen molar-refractivity contribution in [1.82, 2.24) is 4.90 Å². The van der Waals surface area contributed by atoms with Crippen LogP contribution in [0.25, 0.3) is 6.08 Å². The van der Waals surface area contributed by atoms with Gasteiger partial charge in [-0.05, 0) is 53.2 Å². The van der Waals surface area contributed by atoms with E-state index in [2.05, 4.69) is 0 Å². The topological polar surface area (TPSA) is 79.2 Å². The molecule has 3 aromatic carbocycles. The second kappa shape index (κ2) is 9.98. The van der Waals surface area contributed by atoms with Crippen molar-refractivity contribution in [2.24, 2.45) is 4.99 Å². The molecule has 1 aliphatic heterocycles. The van der Waals surface area contributed by atoms with Crippen LogP contribution >= 0.6 is 11.8 Å². The molecule has 0 aliphatic carbocycles. The van der Waals surface area contributed by atoms with E-state index in [9.17, 15) is 9.59 Å². The molecular formula is C25H20N2O4S. The number of aliphatic imine (C=N–C) groups is 1. The smallest absolute Gasteiger partial charge is 0.341 e. The van der Waals surface area contributed by atoms with Gasteiger partial charge in [-0.2, -0.15) is 0 Å². The van der Waals surface area contributed by atoms with E-state index in [1.165, 1.54) is 11.8 Å². The number of benzene rings is 3.